The van der Waals surface area contributed by atoms with Gasteiger partial charge < -0.3 is 10.6 Å². The third kappa shape index (κ3) is 20.0. The van der Waals surface area contributed by atoms with Crippen LogP contribution < -0.4 is 20.9 Å². The molecule has 0 spiro atoms. The Morgan fingerprint density at radius 1 is 0.733 bits per heavy atom. The van der Waals surface area contributed by atoms with Crippen molar-refractivity contribution < 1.29 is 8.42 Å². The van der Waals surface area contributed by atoms with E-state index in [2.05, 4.69) is 20.9 Å². The average Bonchev–Trinajstić information content (AvgIpc) is 2.81. The van der Waals surface area contributed by atoms with Crippen LogP contribution in [-0.4, -0.2) is 34.6 Å². The van der Waals surface area contributed by atoms with Gasteiger partial charge in [-0.3, -0.25) is 0 Å². The predicted octanol–water partition coefficient (Wildman–Crippen LogP) is -1.11. The van der Waals surface area contributed by atoms with Crippen LogP contribution in [0.2, 0.25) is 0 Å². The van der Waals surface area contributed by atoms with Gasteiger partial charge in [0.15, 0.2) is 0 Å². The van der Waals surface area contributed by atoms with Gasteiger partial charge in [0.2, 0.25) is 0 Å². The van der Waals surface area contributed by atoms with E-state index in [9.17, 15) is 8.42 Å². The number of rotatable bonds is 0. The Hall–Kier alpha value is -0.210. The largest absolute Gasteiger partial charge is 0.317 e. The molecule has 6 nitrogen and oxygen atoms in total. The maximum absolute atomic E-state index is 9.19. The lowest BCUT2D eigenvalue weighted by atomic mass is 10.4. The summed E-state index contributed by atoms with van der Waals surface area (Å²) in [6, 6.07) is 0. The van der Waals surface area contributed by atoms with Gasteiger partial charge in [-0.05, 0) is 51.9 Å². The third-order valence-corrected chi connectivity index (χ3v) is 1.91. The van der Waals surface area contributed by atoms with E-state index in [1.54, 1.807) is 0 Å². The van der Waals surface area contributed by atoms with Crippen molar-refractivity contribution in [2.75, 3.05) is 26.2 Å². The summed E-state index contributed by atoms with van der Waals surface area (Å²) < 4.78 is 18.4. The van der Waals surface area contributed by atoms with Gasteiger partial charge in [-0.1, -0.05) is 0 Å². The molecule has 0 aromatic heterocycles. The molecule has 0 atom stereocenters. The van der Waals surface area contributed by atoms with Crippen LogP contribution in [0.1, 0.15) is 25.7 Å². The first kappa shape index (κ1) is 14.8. The average molecular weight is 238 g/mol. The molecule has 0 aromatic carbocycles. The Morgan fingerprint density at radius 3 is 1.00 bits per heavy atom. The highest BCUT2D eigenvalue weighted by Gasteiger charge is 1.93. The molecular formula is C8H22N4O2S. The summed E-state index contributed by atoms with van der Waals surface area (Å²) in [6.45, 7) is 5.00. The van der Waals surface area contributed by atoms with E-state index in [1.807, 2.05) is 0 Å². The molecule has 7 heteroatoms. The van der Waals surface area contributed by atoms with Crippen LogP contribution in [0, 0.1) is 0 Å². The Labute approximate surface area is 92.0 Å². The minimum atomic E-state index is -3.67. The Kier molecular flexibility index (Phi) is 8.92. The van der Waals surface area contributed by atoms with Crippen molar-refractivity contribution in [1.29, 1.82) is 0 Å². The predicted molar refractivity (Wildman–Crippen MR) is 61.5 cm³/mol. The maximum atomic E-state index is 9.19. The highest BCUT2D eigenvalue weighted by molar-refractivity contribution is 7.86. The SMILES string of the molecule is C1CCNC1.C1CCNC1.NS(N)(=O)=O. The monoisotopic (exact) mass is 238 g/mol. The fourth-order valence-corrected chi connectivity index (χ4v) is 1.25. The molecule has 0 unspecified atom stereocenters. The first-order valence-corrected chi connectivity index (χ1v) is 6.83. The molecule has 2 saturated heterocycles. The molecule has 0 saturated carbocycles. The van der Waals surface area contributed by atoms with Crippen molar-refractivity contribution in [3.8, 4) is 0 Å². The second kappa shape index (κ2) is 9.05. The summed E-state index contributed by atoms with van der Waals surface area (Å²) in [7, 11) is -3.67. The quantitative estimate of drug-likeness (QED) is 0.429. The van der Waals surface area contributed by atoms with Crippen LogP contribution in [0.15, 0.2) is 0 Å². The van der Waals surface area contributed by atoms with E-state index in [-0.39, 0.29) is 0 Å². The molecule has 0 aliphatic carbocycles. The van der Waals surface area contributed by atoms with E-state index in [0.717, 1.165) is 0 Å². The van der Waals surface area contributed by atoms with E-state index in [4.69, 9.17) is 0 Å². The Balaban J connectivity index is 0.000000196. The summed E-state index contributed by atoms with van der Waals surface area (Å²) in [4.78, 5) is 0. The summed E-state index contributed by atoms with van der Waals surface area (Å²) >= 11 is 0. The van der Waals surface area contributed by atoms with Crippen molar-refractivity contribution in [2.24, 2.45) is 10.3 Å². The summed E-state index contributed by atoms with van der Waals surface area (Å²) in [5.41, 5.74) is 0. The van der Waals surface area contributed by atoms with Crippen LogP contribution in [-0.2, 0) is 10.2 Å². The molecule has 0 aromatic rings. The second-order valence-electron chi connectivity index (χ2n) is 3.50. The molecular weight excluding hydrogens is 216 g/mol. The summed E-state index contributed by atoms with van der Waals surface area (Å²) in [5.74, 6) is 0. The zero-order valence-electron chi connectivity index (χ0n) is 9.04. The topological polar surface area (TPSA) is 110 Å². The lowest BCUT2D eigenvalue weighted by Crippen LogP contribution is -2.21. The lowest BCUT2D eigenvalue weighted by Gasteiger charge is -1.76. The van der Waals surface area contributed by atoms with Crippen molar-refractivity contribution in [1.82, 2.24) is 10.6 Å². The van der Waals surface area contributed by atoms with Gasteiger partial charge in [-0.25, -0.2) is 10.3 Å². The van der Waals surface area contributed by atoms with Crippen molar-refractivity contribution >= 4 is 10.2 Å². The third-order valence-electron chi connectivity index (χ3n) is 1.91. The molecule has 0 radical (unpaired) electrons. The highest BCUT2D eigenvalue weighted by Crippen LogP contribution is 1.90. The highest BCUT2D eigenvalue weighted by atomic mass is 32.2. The molecule has 0 amide bonds. The van der Waals surface area contributed by atoms with E-state index < -0.39 is 10.2 Å². The maximum Gasteiger partial charge on any atom is 0.271 e. The minimum absolute atomic E-state index is 1.25. The Bertz CT molecular complexity index is 190. The van der Waals surface area contributed by atoms with E-state index >= 15 is 0 Å². The van der Waals surface area contributed by atoms with Gasteiger partial charge in [-0.15, -0.1) is 0 Å². The molecule has 2 rings (SSSR count). The molecule has 0 bridgehead atoms. The summed E-state index contributed by atoms with van der Waals surface area (Å²) in [5, 5.41) is 14.7. The van der Waals surface area contributed by atoms with E-state index in [1.165, 1.54) is 51.9 Å². The van der Waals surface area contributed by atoms with Crippen molar-refractivity contribution in [2.45, 2.75) is 25.7 Å². The van der Waals surface area contributed by atoms with E-state index in [0.29, 0.717) is 0 Å². The second-order valence-corrected chi connectivity index (χ2v) is 4.68. The molecule has 2 heterocycles. The molecule has 15 heavy (non-hydrogen) atoms. The lowest BCUT2D eigenvalue weighted by molar-refractivity contribution is 0.599. The smallest absolute Gasteiger partial charge is 0.271 e. The zero-order chi connectivity index (χ0) is 11.6. The minimum Gasteiger partial charge on any atom is -0.317 e. The van der Waals surface area contributed by atoms with Crippen molar-refractivity contribution in [3.05, 3.63) is 0 Å². The molecule has 92 valence electrons. The van der Waals surface area contributed by atoms with Crippen LogP contribution >= 0.6 is 0 Å². The van der Waals surface area contributed by atoms with Crippen LogP contribution in [0.25, 0.3) is 0 Å². The molecule has 2 aliphatic heterocycles. The first-order chi connectivity index (χ1) is 7.00. The van der Waals surface area contributed by atoms with Gasteiger partial charge in [0.1, 0.15) is 0 Å². The fourth-order valence-electron chi connectivity index (χ4n) is 1.25. The summed E-state index contributed by atoms with van der Waals surface area (Å²) in [6.07, 6.45) is 5.56. The van der Waals surface area contributed by atoms with Gasteiger partial charge in [0, 0.05) is 0 Å². The van der Waals surface area contributed by atoms with Crippen LogP contribution in [0.5, 0.6) is 0 Å². The molecule has 6 N–H and O–H groups in total. The van der Waals surface area contributed by atoms with Gasteiger partial charge >= 0.3 is 0 Å². The van der Waals surface area contributed by atoms with Crippen molar-refractivity contribution in [3.63, 3.8) is 0 Å². The standard InChI is InChI=1S/2C4H9N.H4N2O2S/c2*1-2-4-5-3-1;1-5(2,3)4/h2*5H,1-4H2;(H4,1,2,3,4). The van der Waals surface area contributed by atoms with Gasteiger partial charge in [-0.2, -0.15) is 8.42 Å². The Morgan fingerprint density at radius 2 is 0.933 bits per heavy atom. The zero-order valence-corrected chi connectivity index (χ0v) is 9.85. The normalized spacial score (nSPS) is 19.9. The number of nitrogens with two attached hydrogens (primary N) is 2. The number of hydrogen-bond donors (Lipinski definition) is 4. The number of nitrogens with one attached hydrogen (secondary N) is 2. The van der Waals surface area contributed by atoms with Gasteiger partial charge in [0.05, 0.1) is 0 Å². The van der Waals surface area contributed by atoms with Crippen LogP contribution in [0.3, 0.4) is 0 Å². The van der Waals surface area contributed by atoms with Crippen LogP contribution in [0.4, 0.5) is 0 Å². The number of hydrogen-bond acceptors (Lipinski definition) is 4. The molecule has 2 aliphatic rings. The molecule has 2 fully saturated rings. The first-order valence-electron chi connectivity index (χ1n) is 5.22. The fraction of sp³-hybridized carbons (Fsp3) is 1.00. The van der Waals surface area contributed by atoms with Gasteiger partial charge in [0.25, 0.3) is 10.2 Å².